The van der Waals surface area contributed by atoms with E-state index >= 15 is 0 Å². The fourth-order valence-corrected chi connectivity index (χ4v) is 3.12. The van der Waals surface area contributed by atoms with Gasteiger partial charge in [-0.15, -0.1) is 0 Å². The second-order valence-corrected chi connectivity index (χ2v) is 6.68. The lowest BCUT2D eigenvalue weighted by Gasteiger charge is -2.29. The summed E-state index contributed by atoms with van der Waals surface area (Å²) in [6.45, 7) is 0. The van der Waals surface area contributed by atoms with E-state index in [0.29, 0.717) is 22.9 Å². The number of aryl methyl sites for hydroxylation is 1. The molecule has 0 aliphatic carbocycles. The van der Waals surface area contributed by atoms with Gasteiger partial charge in [0, 0.05) is 7.05 Å². The van der Waals surface area contributed by atoms with Crippen LogP contribution < -0.4 is 15.0 Å². The zero-order valence-corrected chi connectivity index (χ0v) is 16.2. The first-order chi connectivity index (χ1) is 14.0. The number of benzene rings is 2. The minimum Gasteiger partial charge on any atom is -0.457 e. The first-order valence-electron chi connectivity index (χ1n) is 8.73. The fourth-order valence-electron chi connectivity index (χ4n) is 2.83. The van der Waals surface area contributed by atoms with Crippen LogP contribution in [0.3, 0.4) is 0 Å². The summed E-state index contributed by atoms with van der Waals surface area (Å²) >= 11 is 5.22. The fraction of sp³-hybridized carbons (Fsp3) is 0.0476. The van der Waals surface area contributed by atoms with Gasteiger partial charge in [-0.2, -0.15) is 0 Å². The van der Waals surface area contributed by atoms with Crippen molar-refractivity contribution in [2.45, 2.75) is 0 Å². The second-order valence-electron chi connectivity index (χ2n) is 6.30. The molecule has 29 heavy (non-hydrogen) atoms. The third kappa shape index (κ3) is 3.78. The molecule has 0 spiro atoms. The van der Waals surface area contributed by atoms with Crippen molar-refractivity contribution >= 4 is 40.9 Å². The number of thiocarbonyl (C=S) groups is 1. The van der Waals surface area contributed by atoms with Crippen molar-refractivity contribution in [2.24, 2.45) is 7.05 Å². The number of hydrogen-bond acceptors (Lipinski definition) is 5. The minimum atomic E-state index is -0.540. The van der Waals surface area contributed by atoms with E-state index in [1.807, 2.05) is 30.3 Å². The Bertz CT molecular complexity index is 1120. The number of amides is 2. The summed E-state index contributed by atoms with van der Waals surface area (Å²) in [6, 6.07) is 16.3. The van der Waals surface area contributed by atoms with Crippen molar-refractivity contribution < 1.29 is 14.3 Å². The molecule has 1 fully saturated rings. The number of rotatable bonds is 4. The van der Waals surface area contributed by atoms with E-state index in [9.17, 15) is 9.59 Å². The van der Waals surface area contributed by atoms with Crippen molar-refractivity contribution in [3.05, 3.63) is 78.4 Å². The molecule has 3 aromatic rings. The van der Waals surface area contributed by atoms with E-state index in [-0.39, 0.29) is 10.7 Å². The quantitative estimate of drug-likeness (QED) is 0.411. The number of aromatic nitrogens is 2. The number of carbonyl (C=O) groups excluding carboxylic acids is 2. The zero-order valence-electron chi connectivity index (χ0n) is 15.4. The summed E-state index contributed by atoms with van der Waals surface area (Å²) < 4.78 is 7.48. The molecule has 1 saturated heterocycles. The van der Waals surface area contributed by atoms with E-state index in [4.69, 9.17) is 17.0 Å². The molecule has 1 aliphatic rings. The standard InChI is InChI=1S/C21H16N4O3S/c1-24-13-22-12-15(24)11-18-19(26)23-21(29)25(20(18)27)14-7-9-17(10-8-14)28-16-5-3-2-4-6-16/h2-13H,1H3,(H,23,26,29). The molecule has 4 rings (SSSR count). The van der Waals surface area contributed by atoms with Crippen LogP contribution in [0.1, 0.15) is 5.69 Å². The van der Waals surface area contributed by atoms with E-state index in [1.54, 1.807) is 48.4 Å². The smallest absolute Gasteiger partial charge is 0.270 e. The van der Waals surface area contributed by atoms with Gasteiger partial charge in [0.25, 0.3) is 11.8 Å². The summed E-state index contributed by atoms with van der Waals surface area (Å²) in [4.78, 5) is 30.6. The van der Waals surface area contributed by atoms with Crippen LogP contribution in [0.25, 0.3) is 6.08 Å². The van der Waals surface area contributed by atoms with E-state index in [1.165, 1.54) is 11.0 Å². The molecule has 2 heterocycles. The van der Waals surface area contributed by atoms with Crippen LogP contribution in [0, 0.1) is 0 Å². The number of anilines is 1. The van der Waals surface area contributed by atoms with E-state index < -0.39 is 11.8 Å². The molecular formula is C21H16N4O3S. The van der Waals surface area contributed by atoms with Crippen molar-refractivity contribution in [1.29, 1.82) is 0 Å². The first-order valence-corrected chi connectivity index (χ1v) is 9.14. The van der Waals surface area contributed by atoms with Gasteiger partial charge in [-0.05, 0) is 54.7 Å². The summed E-state index contributed by atoms with van der Waals surface area (Å²) in [7, 11) is 1.78. The molecular weight excluding hydrogens is 388 g/mol. The van der Waals surface area contributed by atoms with Crippen molar-refractivity contribution in [3.8, 4) is 11.5 Å². The highest BCUT2D eigenvalue weighted by Gasteiger charge is 2.34. The molecule has 7 nitrogen and oxygen atoms in total. The molecule has 144 valence electrons. The molecule has 8 heteroatoms. The summed E-state index contributed by atoms with van der Waals surface area (Å²) in [5.74, 6) is 0.279. The zero-order chi connectivity index (χ0) is 20.4. The highest BCUT2D eigenvalue weighted by atomic mass is 32.1. The van der Waals surface area contributed by atoms with Crippen LogP contribution in [0.15, 0.2) is 72.7 Å². The largest absolute Gasteiger partial charge is 0.457 e. The SMILES string of the molecule is Cn1cncc1C=C1C(=O)NC(=S)N(c2ccc(Oc3ccccc3)cc2)C1=O. The number of carbonyl (C=O) groups is 2. The van der Waals surface area contributed by atoms with Crippen molar-refractivity contribution in [1.82, 2.24) is 14.9 Å². The highest BCUT2D eigenvalue weighted by molar-refractivity contribution is 7.80. The van der Waals surface area contributed by atoms with Gasteiger partial charge in [0.15, 0.2) is 5.11 Å². The van der Waals surface area contributed by atoms with Crippen LogP contribution in [0.4, 0.5) is 5.69 Å². The molecule has 0 atom stereocenters. The number of nitrogens with zero attached hydrogens (tertiary/aromatic N) is 3. The van der Waals surface area contributed by atoms with Gasteiger partial charge >= 0.3 is 0 Å². The van der Waals surface area contributed by atoms with Gasteiger partial charge in [-0.1, -0.05) is 18.2 Å². The third-order valence-electron chi connectivity index (χ3n) is 4.32. The summed E-state index contributed by atoms with van der Waals surface area (Å²) in [6.07, 6.45) is 4.65. The Kier molecular flexibility index (Phi) is 4.92. The summed E-state index contributed by atoms with van der Waals surface area (Å²) in [5.41, 5.74) is 1.13. The average molecular weight is 404 g/mol. The monoisotopic (exact) mass is 404 g/mol. The molecule has 2 amide bonds. The van der Waals surface area contributed by atoms with Gasteiger partial charge in [0.05, 0.1) is 23.9 Å². The lowest BCUT2D eigenvalue weighted by molar-refractivity contribution is -0.122. The molecule has 0 radical (unpaired) electrons. The Hall–Kier alpha value is -3.78. The molecule has 0 saturated carbocycles. The van der Waals surface area contributed by atoms with E-state index in [0.717, 1.165) is 0 Å². The maximum Gasteiger partial charge on any atom is 0.270 e. The lowest BCUT2D eigenvalue weighted by Crippen LogP contribution is -2.54. The maximum absolute atomic E-state index is 13.0. The Labute approximate surface area is 172 Å². The molecule has 0 unspecified atom stereocenters. The van der Waals surface area contributed by atoms with Crippen LogP contribution in [-0.2, 0) is 16.6 Å². The van der Waals surface area contributed by atoms with Gasteiger partial charge in [-0.3, -0.25) is 19.8 Å². The van der Waals surface area contributed by atoms with Gasteiger partial charge in [0.1, 0.15) is 17.1 Å². The van der Waals surface area contributed by atoms with Crippen molar-refractivity contribution in [2.75, 3.05) is 4.90 Å². The van der Waals surface area contributed by atoms with Crippen LogP contribution in [0.2, 0.25) is 0 Å². The summed E-state index contributed by atoms with van der Waals surface area (Å²) in [5, 5.41) is 2.59. The predicted octanol–water partition coefficient (Wildman–Crippen LogP) is 3.04. The Morgan fingerprint density at radius 3 is 2.38 bits per heavy atom. The normalized spacial score (nSPS) is 15.6. The second kappa shape index (κ2) is 7.69. The molecule has 1 aliphatic heterocycles. The van der Waals surface area contributed by atoms with Crippen molar-refractivity contribution in [3.63, 3.8) is 0 Å². The molecule has 0 bridgehead atoms. The number of ether oxygens (including phenoxy) is 1. The lowest BCUT2D eigenvalue weighted by atomic mass is 10.1. The Balaban J connectivity index is 1.60. The first kappa shape index (κ1) is 18.6. The maximum atomic E-state index is 13.0. The van der Waals surface area contributed by atoms with Gasteiger partial charge in [-0.25, -0.2) is 4.98 Å². The van der Waals surface area contributed by atoms with Gasteiger partial charge in [0.2, 0.25) is 0 Å². The van der Waals surface area contributed by atoms with Crippen LogP contribution in [0.5, 0.6) is 11.5 Å². The Morgan fingerprint density at radius 1 is 1.03 bits per heavy atom. The van der Waals surface area contributed by atoms with E-state index in [2.05, 4.69) is 10.3 Å². The predicted molar refractivity (Wildman–Crippen MR) is 112 cm³/mol. The number of hydrogen-bond donors (Lipinski definition) is 1. The molecule has 1 aromatic heterocycles. The number of para-hydroxylation sites is 1. The third-order valence-corrected chi connectivity index (χ3v) is 4.61. The van der Waals surface area contributed by atoms with Crippen LogP contribution in [-0.4, -0.2) is 26.5 Å². The Morgan fingerprint density at radius 2 is 1.72 bits per heavy atom. The average Bonchev–Trinajstić information content (AvgIpc) is 3.12. The van der Waals surface area contributed by atoms with Crippen LogP contribution >= 0.6 is 12.2 Å². The number of nitrogens with one attached hydrogen (secondary N) is 1. The molecule has 2 aromatic carbocycles. The number of imidazole rings is 1. The topological polar surface area (TPSA) is 76.5 Å². The highest BCUT2D eigenvalue weighted by Crippen LogP contribution is 2.27. The minimum absolute atomic E-state index is 0.0215. The van der Waals surface area contributed by atoms with Gasteiger partial charge < -0.3 is 9.30 Å². The molecule has 1 N–H and O–H groups in total.